The highest BCUT2D eigenvalue weighted by atomic mass is 16.2. The van der Waals surface area contributed by atoms with Gasteiger partial charge in [-0.1, -0.05) is 12.0 Å². The number of carbonyl (C=O) groups is 1. The molecule has 0 bridgehead atoms. The molecule has 0 radical (unpaired) electrons. The number of nitrogen functional groups attached to an aromatic ring is 1. The van der Waals surface area contributed by atoms with Gasteiger partial charge in [0.15, 0.2) is 0 Å². The highest BCUT2D eigenvalue weighted by Crippen LogP contribution is 2.30. The summed E-state index contributed by atoms with van der Waals surface area (Å²) in [7, 11) is 0. The van der Waals surface area contributed by atoms with Gasteiger partial charge in [0.05, 0.1) is 6.54 Å². The third kappa shape index (κ3) is 2.84. The lowest BCUT2D eigenvalue weighted by atomic mass is 10.1. The van der Waals surface area contributed by atoms with Gasteiger partial charge in [0.2, 0.25) is 0 Å². The number of benzene rings is 1. The maximum absolute atomic E-state index is 12.4. The van der Waals surface area contributed by atoms with Gasteiger partial charge in [-0.2, -0.15) is 0 Å². The molecule has 1 aliphatic rings. The summed E-state index contributed by atoms with van der Waals surface area (Å²) >= 11 is 0. The molecule has 1 aliphatic carbocycles. The molecule has 94 valence electrons. The van der Waals surface area contributed by atoms with Crippen molar-refractivity contribution in [1.82, 2.24) is 4.90 Å². The number of nitrogens with zero attached hydrogens (tertiary/aromatic N) is 1. The van der Waals surface area contributed by atoms with E-state index in [1.54, 1.807) is 17.0 Å². The summed E-state index contributed by atoms with van der Waals surface area (Å²) in [4.78, 5) is 14.2. The number of hydrogen-bond acceptors (Lipinski definition) is 2. The largest absolute Gasteiger partial charge is 0.399 e. The number of hydrogen-bond donors (Lipinski definition) is 1. The van der Waals surface area contributed by atoms with Gasteiger partial charge in [-0.25, -0.2) is 0 Å². The molecule has 1 saturated carbocycles. The zero-order chi connectivity index (χ0) is 13.1. The van der Waals surface area contributed by atoms with Crippen LogP contribution in [0.4, 0.5) is 5.69 Å². The van der Waals surface area contributed by atoms with E-state index in [1.165, 1.54) is 12.8 Å². The summed E-state index contributed by atoms with van der Waals surface area (Å²) in [5.74, 6) is 3.18. The standard InChI is InChI=1S/C15H18N2O/c1-3-8-17(10-12-5-6-12)15(18)14-9-13(16)7-4-11(14)2/h1,4,7,9,12H,5-6,8,10,16H2,2H3. The minimum absolute atomic E-state index is 0.00958. The molecule has 1 amide bonds. The number of rotatable bonds is 4. The van der Waals surface area contributed by atoms with E-state index >= 15 is 0 Å². The van der Waals surface area contributed by atoms with Crippen LogP contribution in [-0.2, 0) is 0 Å². The Bertz CT molecular complexity index is 498. The number of carbonyl (C=O) groups excluding carboxylic acids is 1. The lowest BCUT2D eigenvalue weighted by molar-refractivity contribution is 0.0769. The lowest BCUT2D eigenvalue weighted by Gasteiger charge is -2.21. The van der Waals surface area contributed by atoms with Crippen LogP contribution in [0.5, 0.6) is 0 Å². The molecule has 0 atom stereocenters. The van der Waals surface area contributed by atoms with Crippen molar-refractivity contribution in [3.05, 3.63) is 29.3 Å². The Morgan fingerprint density at radius 3 is 2.89 bits per heavy atom. The van der Waals surface area contributed by atoms with Crippen molar-refractivity contribution in [3.8, 4) is 12.3 Å². The van der Waals surface area contributed by atoms with E-state index in [9.17, 15) is 4.79 Å². The fourth-order valence-corrected chi connectivity index (χ4v) is 1.98. The maximum Gasteiger partial charge on any atom is 0.254 e. The highest BCUT2D eigenvalue weighted by molar-refractivity contribution is 5.96. The van der Waals surface area contributed by atoms with Crippen molar-refractivity contribution >= 4 is 11.6 Å². The van der Waals surface area contributed by atoms with Crippen LogP contribution in [0.2, 0.25) is 0 Å². The molecule has 0 heterocycles. The average Bonchev–Trinajstić information content (AvgIpc) is 3.15. The average molecular weight is 242 g/mol. The second kappa shape index (κ2) is 5.14. The predicted octanol–water partition coefficient (Wildman–Crippen LogP) is 2.06. The molecule has 3 nitrogen and oxygen atoms in total. The van der Waals surface area contributed by atoms with Gasteiger partial charge in [0.25, 0.3) is 5.91 Å². The first-order valence-corrected chi connectivity index (χ1v) is 6.20. The first kappa shape index (κ1) is 12.5. The number of amides is 1. The van der Waals surface area contributed by atoms with Gasteiger partial charge in [-0.15, -0.1) is 6.42 Å². The Balaban J connectivity index is 2.20. The van der Waals surface area contributed by atoms with E-state index in [0.29, 0.717) is 23.7 Å². The molecular formula is C15H18N2O. The van der Waals surface area contributed by atoms with Gasteiger partial charge in [0, 0.05) is 17.8 Å². The lowest BCUT2D eigenvalue weighted by Crippen LogP contribution is -2.33. The van der Waals surface area contributed by atoms with E-state index in [1.807, 2.05) is 13.0 Å². The third-order valence-electron chi connectivity index (χ3n) is 3.24. The van der Waals surface area contributed by atoms with E-state index in [-0.39, 0.29) is 5.91 Å². The molecular weight excluding hydrogens is 224 g/mol. The van der Waals surface area contributed by atoms with Crippen molar-refractivity contribution in [1.29, 1.82) is 0 Å². The summed E-state index contributed by atoms with van der Waals surface area (Å²) in [6.07, 6.45) is 7.74. The van der Waals surface area contributed by atoms with Crippen molar-refractivity contribution in [2.75, 3.05) is 18.8 Å². The third-order valence-corrected chi connectivity index (χ3v) is 3.24. The number of terminal acetylenes is 1. The molecule has 0 spiro atoms. The number of aryl methyl sites for hydroxylation is 1. The molecule has 2 N–H and O–H groups in total. The van der Waals surface area contributed by atoms with E-state index in [2.05, 4.69) is 5.92 Å². The van der Waals surface area contributed by atoms with Gasteiger partial charge in [-0.05, 0) is 43.4 Å². The van der Waals surface area contributed by atoms with Crippen LogP contribution in [0, 0.1) is 25.2 Å². The normalized spacial score (nSPS) is 14.0. The number of anilines is 1. The maximum atomic E-state index is 12.4. The minimum atomic E-state index is -0.00958. The Labute approximate surface area is 108 Å². The van der Waals surface area contributed by atoms with Gasteiger partial charge < -0.3 is 10.6 Å². The molecule has 0 aromatic heterocycles. The first-order valence-electron chi connectivity index (χ1n) is 6.20. The minimum Gasteiger partial charge on any atom is -0.399 e. The zero-order valence-corrected chi connectivity index (χ0v) is 10.6. The fourth-order valence-electron chi connectivity index (χ4n) is 1.98. The summed E-state index contributed by atoms with van der Waals surface area (Å²) in [5, 5.41) is 0. The molecule has 1 aromatic carbocycles. The van der Waals surface area contributed by atoms with Crippen LogP contribution in [-0.4, -0.2) is 23.9 Å². The molecule has 0 aliphatic heterocycles. The Kier molecular flexibility index (Phi) is 3.57. The predicted molar refractivity (Wildman–Crippen MR) is 73.1 cm³/mol. The first-order chi connectivity index (χ1) is 8.61. The van der Waals surface area contributed by atoms with Crippen LogP contribution < -0.4 is 5.73 Å². The molecule has 0 saturated heterocycles. The van der Waals surface area contributed by atoms with Crippen molar-refractivity contribution in [3.63, 3.8) is 0 Å². The van der Waals surface area contributed by atoms with Crippen LogP contribution >= 0.6 is 0 Å². The van der Waals surface area contributed by atoms with Crippen molar-refractivity contribution < 1.29 is 4.79 Å². The van der Waals surface area contributed by atoms with Crippen molar-refractivity contribution in [2.45, 2.75) is 19.8 Å². The molecule has 2 rings (SSSR count). The SMILES string of the molecule is C#CCN(CC1CC1)C(=O)c1cc(N)ccc1C. The second-order valence-electron chi connectivity index (χ2n) is 4.91. The van der Waals surface area contributed by atoms with Crippen LogP contribution in [0.25, 0.3) is 0 Å². The van der Waals surface area contributed by atoms with Gasteiger partial charge in [0.1, 0.15) is 0 Å². The molecule has 0 unspecified atom stereocenters. The summed E-state index contributed by atoms with van der Waals surface area (Å²) in [6.45, 7) is 3.04. The Morgan fingerprint density at radius 2 is 2.28 bits per heavy atom. The van der Waals surface area contributed by atoms with E-state index in [4.69, 9.17) is 12.2 Å². The quantitative estimate of drug-likeness (QED) is 0.649. The summed E-state index contributed by atoms with van der Waals surface area (Å²) < 4.78 is 0. The van der Waals surface area contributed by atoms with E-state index < -0.39 is 0 Å². The Hall–Kier alpha value is -1.95. The van der Waals surface area contributed by atoms with Gasteiger partial charge in [-0.3, -0.25) is 4.79 Å². The van der Waals surface area contributed by atoms with E-state index in [0.717, 1.165) is 12.1 Å². The van der Waals surface area contributed by atoms with Crippen LogP contribution in [0.15, 0.2) is 18.2 Å². The highest BCUT2D eigenvalue weighted by Gasteiger charge is 2.27. The monoisotopic (exact) mass is 242 g/mol. The molecule has 3 heteroatoms. The molecule has 18 heavy (non-hydrogen) atoms. The number of nitrogens with two attached hydrogens (primary N) is 1. The summed E-state index contributed by atoms with van der Waals surface area (Å²) in [5.41, 5.74) is 7.94. The molecule has 1 fully saturated rings. The zero-order valence-electron chi connectivity index (χ0n) is 10.6. The molecule has 1 aromatic rings. The second-order valence-corrected chi connectivity index (χ2v) is 4.91. The van der Waals surface area contributed by atoms with Crippen LogP contribution in [0.3, 0.4) is 0 Å². The van der Waals surface area contributed by atoms with Crippen molar-refractivity contribution in [2.24, 2.45) is 5.92 Å². The topological polar surface area (TPSA) is 46.3 Å². The summed E-state index contributed by atoms with van der Waals surface area (Å²) in [6, 6.07) is 5.40. The fraction of sp³-hybridized carbons (Fsp3) is 0.400. The smallest absolute Gasteiger partial charge is 0.254 e. The Morgan fingerprint density at radius 1 is 1.56 bits per heavy atom. The van der Waals surface area contributed by atoms with Gasteiger partial charge >= 0.3 is 0 Å². The van der Waals surface area contributed by atoms with Crippen LogP contribution in [0.1, 0.15) is 28.8 Å².